The van der Waals surface area contributed by atoms with Crippen molar-refractivity contribution in [1.29, 1.82) is 0 Å². The Labute approximate surface area is 104 Å². The minimum atomic E-state index is -2.69. The van der Waals surface area contributed by atoms with E-state index < -0.39 is 6.43 Å². The van der Waals surface area contributed by atoms with Crippen molar-refractivity contribution >= 4 is 5.78 Å². The van der Waals surface area contributed by atoms with Crippen molar-refractivity contribution in [2.24, 2.45) is 5.73 Å². The predicted molar refractivity (Wildman–Crippen MR) is 62.5 cm³/mol. The summed E-state index contributed by atoms with van der Waals surface area (Å²) in [4.78, 5) is 11.8. The predicted octanol–water partition coefficient (Wildman–Crippen LogP) is 2.17. The fourth-order valence-electron chi connectivity index (χ4n) is 1.58. The van der Waals surface area contributed by atoms with Gasteiger partial charge in [0.05, 0.1) is 19.8 Å². The van der Waals surface area contributed by atoms with Crippen LogP contribution in [0.2, 0.25) is 0 Å². The number of alkyl halides is 2. The first-order valence-corrected chi connectivity index (χ1v) is 5.32. The molecule has 0 amide bonds. The molecule has 0 aliphatic carbocycles. The second-order valence-electron chi connectivity index (χ2n) is 3.57. The summed E-state index contributed by atoms with van der Waals surface area (Å²) >= 11 is 0. The van der Waals surface area contributed by atoms with Crippen molar-refractivity contribution in [3.63, 3.8) is 0 Å². The number of rotatable bonds is 6. The van der Waals surface area contributed by atoms with E-state index in [-0.39, 0.29) is 41.4 Å². The van der Waals surface area contributed by atoms with Gasteiger partial charge >= 0.3 is 0 Å². The van der Waals surface area contributed by atoms with Crippen LogP contribution in [-0.2, 0) is 0 Å². The molecule has 1 aromatic rings. The SMILES string of the molecule is COc1cc(C(F)F)cc(C(=O)CCN)c1OC. The highest BCUT2D eigenvalue weighted by Gasteiger charge is 2.20. The van der Waals surface area contributed by atoms with Crippen LogP contribution in [0.5, 0.6) is 11.5 Å². The van der Waals surface area contributed by atoms with E-state index >= 15 is 0 Å². The number of methoxy groups -OCH3 is 2. The van der Waals surface area contributed by atoms with Gasteiger partial charge in [-0.15, -0.1) is 0 Å². The van der Waals surface area contributed by atoms with E-state index in [0.717, 1.165) is 12.1 Å². The summed E-state index contributed by atoms with van der Waals surface area (Å²) in [7, 11) is 2.67. The lowest BCUT2D eigenvalue weighted by Crippen LogP contribution is -2.10. The molecule has 0 fully saturated rings. The third-order valence-corrected chi connectivity index (χ3v) is 2.43. The van der Waals surface area contributed by atoms with Gasteiger partial charge in [-0.2, -0.15) is 0 Å². The molecule has 0 spiro atoms. The van der Waals surface area contributed by atoms with E-state index in [0.29, 0.717) is 0 Å². The second-order valence-corrected chi connectivity index (χ2v) is 3.57. The van der Waals surface area contributed by atoms with Crippen LogP contribution in [0.1, 0.15) is 28.8 Å². The average Bonchev–Trinajstić information content (AvgIpc) is 2.37. The Hall–Kier alpha value is -1.69. The summed E-state index contributed by atoms with van der Waals surface area (Å²) in [6.07, 6.45) is -2.62. The van der Waals surface area contributed by atoms with Crippen LogP contribution >= 0.6 is 0 Å². The molecule has 18 heavy (non-hydrogen) atoms. The maximum absolute atomic E-state index is 12.7. The Morgan fingerprint density at radius 1 is 1.33 bits per heavy atom. The van der Waals surface area contributed by atoms with Crippen LogP contribution in [0.15, 0.2) is 12.1 Å². The normalized spacial score (nSPS) is 10.6. The molecule has 0 atom stereocenters. The molecular formula is C12H15F2NO3. The van der Waals surface area contributed by atoms with Crippen molar-refractivity contribution in [1.82, 2.24) is 0 Å². The zero-order chi connectivity index (χ0) is 13.7. The molecule has 1 aromatic carbocycles. The summed E-state index contributed by atoms with van der Waals surface area (Å²) in [5.74, 6) is -0.0915. The van der Waals surface area contributed by atoms with E-state index in [1.165, 1.54) is 14.2 Å². The molecule has 0 unspecified atom stereocenters. The first kappa shape index (κ1) is 14.4. The van der Waals surface area contributed by atoms with Gasteiger partial charge in [0.25, 0.3) is 6.43 Å². The number of nitrogens with two attached hydrogens (primary N) is 1. The zero-order valence-corrected chi connectivity index (χ0v) is 10.2. The molecule has 0 radical (unpaired) electrons. The number of carbonyl (C=O) groups is 1. The molecule has 4 nitrogen and oxygen atoms in total. The number of hydrogen-bond acceptors (Lipinski definition) is 4. The highest BCUT2D eigenvalue weighted by molar-refractivity contribution is 5.99. The van der Waals surface area contributed by atoms with Crippen LogP contribution in [-0.4, -0.2) is 26.5 Å². The van der Waals surface area contributed by atoms with Gasteiger partial charge in [-0.25, -0.2) is 8.78 Å². The standard InChI is InChI=1S/C12H15F2NO3/c1-17-10-6-7(12(13)14)5-8(11(10)18-2)9(16)3-4-15/h5-6,12H,3-4,15H2,1-2H3. The minimum absolute atomic E-state index is 0.0617. The Morgan fingerprint density at radius 2 is 2.00 bits per heavy atom. The second kappa shape index (κ2) is 6.30. The fourth-order valence-corrected chi connectivity index (χ4v) is 1.58. The third-order valence-electron chi connectivity index (χ3n) is 2.43. The van der Waals surface area contributed by atoms with E-state index in [4.69, 9.17) is 15.2 Å². The fraction of sp³-hybridized carbons (Fsp3) is 0.417. The number of halogens is 2. The van der Waals surface area contributed by atoms with Crippen molar-refractivity contribution in [3.05, 3.63) is 23.3 Å². The molecule has 1 rings (SSSR count). The summed E-state index contributed by atoms with van der Waals surface area (Å²) in [5, 5.41) is 0. The lowest BCUT2D eigenvalue weighted by atomic mass is 10.0. The molecule has 0 saturated carbocycles. The Balaban J connectivity index is 3.35. The first-order chi connectivity index (χ1) is 8.54. The van der Waals surface area contributed by atoms with Gasteiger partial charge in [-0.3, -0.25) is 4.79 Å². The number of benzene rings is 1. The Morgan fingerprint density at radius 3 is 2.44 bits per heavy atom. The molecule has 6 heteroatoms. The summed E-state index contributed by atoms with van der Waals surface area (Å²) < 4.78 is 35.4. The lowest BCUT2D eigenvalue weighted by molar-refractivity contribution is 0.0981. The van der Waals surface area contributed by atoms with Crippen molar-refractivity contribution in [3.8, 4) is 11.5 Å². The highest BCUT2D eigenvalue weighted by atomic mass is 19.3. The molecule has 0 bridgehead atoms. The van der Waals surface area contributed by atoms with Gasteiger partial charge in [-0.05, 0) is 18.7 Å². The largest absolute Gasteiger partial charge is 0.493 e. The van der Waals surface area contributed by atoms with Crippen molar-refractivity contribution < 1.29 is 23.0 Å². The number of ether oxygens (including phenoxy) is 2. The van der Waals surface area contributed by atoms with Gasteiger partial charge in [0, 0.05) is 12.0 Å². The quantitative estimate of drug-likeness (QED) is 0.795. The zero-order valence-electron chi connectivity index (χ0n) is 10.2. The molecule has 0 aromatic heterocycles. The third kappa shape index (κ3) is 2.95. The monoisotopic (exact) mass is 259 g/mol. The molecule has 0 aliphatic rings. The maximum Gasteiger partial charge on any atom is 0.264 e. The molecule has 2 N–H and O–H groups in total. The molecule has 0 saturated heterocycles. The topological polar surface area (TPSA) is 61.5 Å². The van der Waals surface area contributed by atoms with Gasteiger partial charge in [-0.1, -0.05) is 0 Å². The van der Waals surface area contributed by atoms with Gasteiger partial charge in [0.2, 0.25) is 0 Å². The minimum Gasteiger partial charge on any atom is -0.493 e. The van der Waals surface area contributed by atoms with Gasteiger partial charge < -0.3 is 15.2 Å². The molecular weight excluding hydrogens is 244 g/mol. The van der Waals surface area contributed by atoms with Gasteiger partial charge in [0.15, 0.2) is 17.3 Å². The summed E-state index contributed by atoms with van der Waals surface area (Å²) in [6.45, 7) is 0.142. The van der Waals surface area contributed by atoms with Crippen LogP contribution < -0.4 is 15.2 Å². The number of carbonyl (C=O) groups excluding carboxylic acids is 1. The number of hydrogen-bond donors (Lipinski definition) is 1. The van der Waals surface area contributed by atoms with E-state index in [2.05, 4.69) is 0 Å². The first-order valence-electron chi connectivity index (χ1n) is 5.32. The van der Waals surface area contributed by atoms with Crippen LogP contribution in [0.4, 0.5) is 8.78 Å². The van der Waals surface area contributed by atoms with Crippen molar-refractivity contribution in [2.75, 3.05) is 20.8 Å². The number of Topliss-reactive ketones (excluding diaryl/α,β-unsaturated/α-hetero) is 1. The highest BCUT2D eigenvalue weighted by Crippen LogP contribution is 2.36. The van der Waals surface area contributed by atoms with Crippen LogP contribution in [0.3, 0.4) is 0 Å². The summed E-state index contributed by atoms with van der Waals surface area (Å²) in [6, 6.07) is 2.27. The Kier molecular flexibility index (Phi) is 5.03. The van der Waals surface area contributed by atoms with Crippen LogP contribution in [0, 0.1) is 0 Å². The number of ketones is 1. The maximum atomic E-state index is 12.7. The summed E-state index contributed by atoms with van der Waals surface area (Å²) in [5.41, 5.74) is 5.07. The molecule has 0 aliphatic heterocycles. The van der Waals surface area contributed by atoms with E-state index in [9.17, 15) is 13.6 Å². The van der Waals surface area contributed by atoms with E-state index in [1.54, 1.807) is 0 Å². The molecule has 0 heterocycles. The smallest absolute Gasteiger partial charge is 0.264 e. The lowest BCUT2D eigenvalue weighted by Gasteiger charge is -2.14. The van der Waals surface area contributed by atoms with Crippen LogP contribution in [0.25, 0.3) is 0 Å². The van der Waals surface area contributed by atoms with Gasteiger partial charge in [0.1, 0.15) is 0 Å². The Bertz CT molecular complexity index is 436. The van der Waals surface area contributed by atoms with Crippen molar-refractivity contribution in [2.45, 2.75) is 12.8 Å². The molecule has 100 valence electrons. The average molecular weight is 259 g/mol. The van der Waals surface area contributed by atoms with E-state index in [1.807, 2.05) is 0 Å².